The van der Waals surface area contributed by atoms with Crippen LogP contribution in [0, 0.1) is 0 Å². The minimum absolute atomic E-state index is 0.633. The number of nitrogens with zero attached hydrogens (tertiary/aromatic N) is 2. The van der Waals surface area contributed by atoms with E-state index in [2.05, 4.69) is 9.97 Å². The van der Waals surface area contributed by atoms with E-state index < -0.39 is 0 Å². The summed E-state index contributed by atoms with van der Waals surface area (Å²) in [6.45, 7) is 0. The second kappa shape index (κ2) is 5.01. The predicted molar refractivity (Wildman–Crippen MR) is 81.7 cm³/mol. The first kappa shape index (κ1) is 12.2. The summed E-state index contributed by atoms with van der Waals surface area (Å²) in [7, 11) is 0. The fraction of sp³-hybridized carbons (Fsp3) is 0. The molecule has 0 fully saturated rings. The first-order valence-electron chi connectivity index (χ1n) is 6.25. The summed E-state index contributed by atoms with van der Waals surface area (Å²) in [6.07, 6.45) is 7.07. The van der Waals surface area contributed by atoms with Crippen LogP contribution in [0.5, 0.6) is 0 Å². The first-order chi connectivity index (χ1) is 9.75. The van der Waals surface area contributed by atoms with Gasteiger partial charge in [-0.1, -0.05) is 12.1 Å². The van der Waals surface area contributed by atoms with Crippen molar-refractivity contribution in [3.63, 3.8) is 0 Å². The number of anilines is 2. The number of nitrogen functional groups attached to an aromatic ring is 2. The monoisotopic (exact) mass is 262 g/mol. The molecule has 0 bridgehead atoms. The largest absolute Gasteiger partial charge is 0.399 e. The van der Waals surface area contributed by atoms with E-state index >= 15 is 0 Å². The third-order valence-corrected chi connectivity index (χ3v) is 3.11. The van der Waals surface area contributed by atoms with Gasteiger partial charge in [-0.2, -0.15) is 0 Å². The molecule has 2 heterocycles. The maximum atomic E-state index is 6.16. The minimum atomic E-state index is 0.633. The Balaban J connectivity index is 2.29. The lowest BCUT2D eigenvalue weighted by Gasteiger charge is -2.13. The quantitative estimate of drug-likeness (QED) is 0.696. The normalized spacial score (nSPS) is 10.4. The van der Waals surface area contributed by atoms with Crippen molar-refractivity contribution in [2.24, 2.45) is 0 Å². The summed E-state index contributed by atoms with van der Waals surface area (Å²) >= 11 is 0. The molecule has 0 spiro atoms. The Bertz CT molecular complexity index is 724. The number of nitrogens with two attached hydrogens (primary N) is 2. The summed E-state index contributed by atoms with van der Waals surface area (Å²) in [5.74, 6) is 0. The highest BCUT2D eigenvalue weighted by Crippen LogP contribution is 2.37. The molecule has 0 unspecified atom stereocenters. The Hall–Kier alpha value is -2.88. The fourth-order valence-electron chi connectivity index (χ4n) is 2.27. The fourth-order valence-corrected chi connectivity index (χ4v) is 2.27. The van der Waals surface area contributed by atoms with Crippen molar-refractivity contribution in [2.75, 3.05) is 11.5 Å². The molecule has 98 valence electrons. The van der Waals surface area contributed by atoms with Crippen LogP contribution in [0.2, 0.25) is 0 Å². The van der Waals surface area contributed by atoms with Gasteiger partial charge in [0.25, 0.3) is 0 Å². The summed E-state index contributed by atoms with van der Waals surface area (Å²) in [6, 6.07) is 11.4. The van der Waals surface area contributed by atoms with Gasteiger partial charge in [0.15, 0.2) is 0 Å². The third-order valence-electron chi connectivity index (χ3n) is 3.11. The summed E-state index contributed by atoms with van der Waals surface area (Å²) in [4.78, 5) is 8.31. The zero-order valence-corrected chi connectivity index (χ0v) is 10.8. The molecule has 20 heavy (non-hydrogen) atoms. The van der Waals surface area contributed by atoms with Gasteiger partial charge in [-0.3, -0.25) is 9.97 Å². The number of aromatic nitrogens is 2. The van der Waals surface area contributed by atoms with Gasteiger partial charge in [0.1, 0.15) is 0 Å². The molecular weight excluding hydrogens is 248 g/mol. The van der Waals surface area contributed by atoms with Crippen LogP contribution in [-0.2, 0) is 0 Å². The van der Waals surface area contributed by atoms with E-state index in [4.69, 9.17) is 11.5 Å². The van der Waals surface area contributed by atoms with Crippen LogP contribution in [0.15, 0.2) is 61.2 Å². The third kappa shape index (κ3) is 2.19. The van der Waals surface area contributed by atoms with Crippen molar-refractivity contribution >= 4 is 11.4 Å². The van der Waals surface area contributed by atoms with Gasteiger partial charge in [-0.15, -0.1) is 0 Å². The second-order valence-corrected chi connectivity index (χ2v) is 4.52. The Morgan fingerprint density at radius 3 is 2.05 bits per heavy atom. The van der Waals surface area contributed by atoms with E-state index in [0.717, 1.165) is 22.3 Å². The van der Waals surface area contributed by atoms with Crippen LogP contribution in [0.4, 0.5) is 11.4 Å². The number of pyridine rings is 2. The molecule has 3 rings (SSSR count). The first-order valence-corrected chi connectivity index (χ1v) is 6.25. The summed E-state index contributed by atoms with van der Waals surface area (Å²) in [5.41, 5.74) is 17.2. The highest BCUT2D eigenvalue weighted by molar-refractivity contribution is 5.92. The number of benzene rings is 1. The molecule has 0 radical (unpaired) electrons. The van der Waals surface area contributed by atoms with Crippen molar-refractivity contribution < 1.29 is 0 Å². The average molecular weight is 262 g/mol. The molecule has 0 aliphatic heterocycles. The summed E-state index contributed by atoms with van der Waals surface area (Å²) in [5, 5.41) is 0. The Morgan fingerprint density at radius 2 is 1.45 bits per heavy atom. The van der Waals surface area contributed by atoms with Crippen LogP contribution >= 0.6 is 0 Å². The molecule has 0 saturated heterocycles. The highest BCUT2D eigenvalue weighted by Gasteiger charge is 2.12. The summed E-state index contributed by atoms with van der Waals surface area (Å²) < 4.78 is 0. The number of hydrogen-bond acceptors (Lipinski definition) is 4. The molecule has 1 aromatic carbocycles. The van der Waals surface area contributed by atoms with Gasteiger partial charge < -0.3 is 11.5 Å². The van der Waals surface area contributed by atoms with Gasteiger partial charge >= 0.3 is 0 Å². The molecule has 4 N–H and O–H groups in total. The van der Waals surface area contributed by atoms with E-state index in [1.54, 1.807) is 30.9 Å². The standard InChI is InChI=1S/C16H14N4/c17-13-7-14(11-3-1-5-19-9-11)16(15(18)8-13)12-4-2-6-20-10-12/h1-10H,17-18H2. The van der Waals surface area contributed by atoms with Crippen LogP contribution < -0.4 is 11.5 Å². The Kier molecular flexibility index (Phi) is 3.05. The number of rotatable bonds is 2. The van der Waals surface area contributed by atoms with Crippen molar-refractivity contribution in [1.29, 1.82) is 0 Å². The SMILES string of the molecule is Nc1cc(N)c(-c2cccnc2)c(-c2cccnc2)c1. The van der Waals surface area contributed by atoms with Crippen molar-refractivity contribution in [1.82, 2.24) is 9.97 Å². The van der Waals surface area contributed by atoms with Gasteiger partial charge in [0.05, 0.1) is 0 Å². The van der Waals surface area contributed by atoms with E-state index in [9.17, 15) is 0 Å². The minimum Gasteiger partial charge on any atom is -0.399 e. The molecule has 0 aliphatic carbocycles. The maximum Gasteiger partial charge on any atom is 0.0421 e. The molecular formula is C16H14N4. The molecule has 2 aromatic heterocycles. The molecule has 0 aliphatic rings. The van der Waals surface area contributed by atoms with Crippen LogP contribution in [0.1, 0.15) is 0 Å². The second-order valence-electron chi connectivity index (χ2n) is 4.52. The molecule has 4 heteroatoms. The Morgan fingerprint density at radius 1 is 0.800 bits per heavy atom. The van der Waals surface area contributed by atoms with E-state index in [-0.39, 0.29) is 0 Å². The lowest BCUT2D eigenvalue weighted by Crippen LogP contribution is -1.97. The molecule has 0 atom stereocenters. The molecule has 0 amide bonds. The topological polar surface area (TPSA) is 77.8 Å². The number of hydrogen-bond donors (Lipinski definition) is 2. The van der Waals surface area contributed by atoms with Crippen molar-refractivity contribution in [3.8, 4) is 22.3 Å². The van der Waals surface area contributed by atoms with E-state index in [1.807, 2.05) is 30.3 Å². The lowest BCUT2D eigenvalue weighted by molar-refractivity contribution is 1.32. The Labute approximate surface area is 117 Å². The molecule has 0 saturated carbocycles. The predicted octanol–water partition coefficient (Wildman–Crippen LogP) is 2.98. The zero-order chi connectivity index (χ0) is 13.9. The van der Waals surface area contributed by atoms with E-state index in [0.29, 0.717) is 11.4 Å². The lowest BCUT2D eigenvalue weighted by atomic mass is 9.94. The highest BCUT2D eigenvalue weighted by atomic mass is 14.6. The average Bonchev–Trinajstić information content (AvgIpc) is 2.48. The van der Waals surface area contributed by atoms with Gasteiger partial charge in [-0.25, -0.2) is 0 Å². The van der Waals surface area contributed by atoms with Gasteiger partial charge in [0.2, 0.25) is 0 Å². The van der Waals surface area contributed by atoms with E-state index in [1.165, 1.54) is 0 Å². The van der Waals surface area contributed by atoms with Crippen molar-refractivity contribution in [2.45, 2.75) is 0 Å². The maximum absolute atomic E-state index is 6.16. The van der Waals surface area contributed by atoms with Gasteiger partial charge in [-0.05, 0) is 29.8 Å². The van der Waals surface area contributed by atoms with Crippen LogP contribution in [0.25, 0.3) is 22.3 Å². The van der Waals surface area contributed by atoms with Crippen molar-refractivity contribution in [3.05, 3.63) is 61.2 Å². The molecule has 4 nitrogen and oxygen atoms in total. The molecule has 3 aromatic rings. The van der Waals surface area contributed by atoms with Gasteiger partial charge in [0, 0.05) is 52.9 Å². The zero-order valence-electron chi connectivity index (χ0n) is 10.8. The van der Waals surface area contributed by atoms with Crippen LogP contribution in [-0.4, -0.2) is 9.97 Å². The smallest absolute Gasteiger partial charge is 0.0421 e. The van der Waals surface area contributed by atoms with Crippen LogP contribution in [0.3, 0.4) is 0 Å².